The molecule has 0 aromatic carbocycles. The summed E-state index contributed by atoms with van der Waals surface area (Å²) < 4.78 is 5.59. The minimum absolute atomic E-state index is 0.545. The van der Waals surface area contributed by atoms with E-state index >= 15 is 0 Å². The second-order valence-corrected chi connectivity index (χ2v) is 5.30. The highest BCUT2D eigenvalue weighted by Crippen LogP contribution is 2.17. The average Bonchev–Trinajstić information content (AvgIpc) is 2.80. The van der Waals surface area contributed by atoms with Crippen molar-refractivity contribution in [3.63, 3.8) is 0 Å². The molecule has 0 radical (unpaired) electrons. The van der Waals surface area contributed by atoms with E-state index in [2.05, 4.69) is 31.0 Å². The molecule has 3 nitrogen and oxygen atoms in total. The highest BCUT2D eigenvalue weighted by atomic mass is 16.5. The molecular weight excluding hydrogens is 212 g/mol. The van der Waals surface area contributed by atoms with Gasteiger partial charge in [-0.25, -0.2) is 0 Å². The molecule has 1 aliphatic heterocycles. The quantitative estimate of drug-likeness (QED) is 0.705. The van der Waals surface area contributed by atoms with E-state index in [0.29, 0.717) is 18.0 Å². The number of nitrogens with one attached hydrogen (secondary N) is 1. The Kier molecular flexibility index (Phi) is 7.09. The number of rotatable bonds is 8. The second-order valence-electron chi connectivity index (χ2n) is 5.30. The second kappa shape index (κ2) is 8.06. The molecule has 1 heterocycles. The van der Waals surface area contributed by atoms with E-state index < -0.39 is 0 Å². The van der Waals surface area contributed by atoms with Crippen LogP contribution in [0.2, 0.25) is 0 Å². The molecule has 102 valence electrons. The number of ether oxygens (including phenoxy) is 1. The molecule has 1 fully saturated rings. The predicted molar refractivity (Wildman–Crippen MR) is 73.4 cm³/mol. The fourth-order valence-corrected chi connectivity index (χ4v) is 2.51. The topological polar surface area (TPSA) is 24.5 Å². The van der Waals surface area contributed by atoms with E-state index in [0.717, 1.165) is 13.2 Å². The first kappa shape index (κ1) is 14.9. The molecule has 3 atom stereocenters. The zero-order chi connectivity index (χ0) is 12.7. The highest BCUT2D eigenvalue weighted by Gasteiger charge is 2.29. The Balaban J connectivity index is 2.46. The van der Waals surface area contributed by atoms with Crippen LogP contribution in [0.3, 0.4) is 0 Å². The lowest BCUT2D eigenvalue weighted by Gasteiger charge is -2.32. The van der Waals surface area contributed by atoms with Crippen molar-refractivity contribution in [1.82, 2.24) is 10.2 Å². The standard InChI is InChI=1S/C14H30N2O/c1-5-7-8-16(12(3)6-2)9-13-10-17-11-14(13)15-4/h12-15H,5-11H2,1-4H3. The third-order valence-corrected chi connectivity index (χ3v) is 4.05. The van der Waals surface area contributed by atoms with Crippen molar-refractivity contribution in [3.8, 4) is 0 Å². The molecule has 0 aliphatic carbocycles. The lowest BCUT2D eigenvalue weighted by Crippen LogP contribution is -2.43. The molecule has 3 unspecified atom stereocenters. The largest absolute Gasteiger partial charge is 0.379 e. The smallest absolute Gasteiger partial charge is 0.0623 e. The van der Waals surface area contributed by atoms with E-state index in [-0.39, 0.29) is 0 Å². The van der Waals surface area contributed by atoms with Gasteiger partial charge in [-0.2, -0.15) is 0 Å². The monoisotopic (exact) mass is 242 g/mol. The molecule has 0 aromatic heterocycles. The van der Waals surface area contributed by atoms with E-state index in [4.69, 9.17) is 4.74 Å². The van der Waals surface area contributed by atoms with Gasteiger partial charge in [-0.05, 0) is 33.4 Å². The number of likely N-dealkylation sites (N-methyl/N-ethyl adjacent to an activating group) is 1. The van der Waals surface area contributed by atoms with Crippen LogP contribution < -0.4 is 5.32 Å². The Morgan fingerprint density at radius 1 is 1.35 bits per heavy atom. The zero-order valence-electron chi connectivity index (χ0n) is 12.0. The molecule has 1 aliphatic rings. The maximum atomic E-state index is 5.59. The van der Waals surface area contributed by atoms with Crippen LogP contribution in [0.1, 0.15) is 40.0 Å². The summed E-state index contributed by atoms with van der Waals surface area (Å²) in [5.74, 6) is 0.658. The fourth-order valence-electron chi connectivity index (χ4n) is 2.51. The third kappa shape index (κ3) is 4.57. The van der Waals surface area contributed by atoms with Crippen LogP contribution in [0.5, 0.6) is 0 Å². The summed E-state index contributed by atoms with van der Waals surface area (Å²) >= 11 is 0. The van der Waals surface area contributed by atoms with Gasteiger partial charge in [-0.15, -0.1) is 0 Å². The van der Waals surface area contributed by atoms with Crippen LogP contribution in [-0.2, 0) is 4.74 Å². The van der Waals surface area contributed by atoms with Gasteiger partial charge in [0.15, 0.2) is 0 Å². The maximum Gasteiger partial charge on any atom is 0.0623 e. The number of nitrogens with zero attached hydrogens (tertiary/aromatic N) is 1. The van der Waals surface area contributed by atoms with Crippen molar-refractivity contribution < 1.29 is 4.74 Å². The van der Waals surface area contributed by atoms with Crippen LogP contribution in [0, 0.1) is 5.92 Å². The van der Waals surface area contributed by atoms with Gasteiger partial charge in [-0.3, -0.25) is 0 Å². The van der Waals surface area contributed by atoms with E-state index in [1.54, 1.807) is 0 Å². The predicted octanol–water partition coefficient (Wildman–Crippen LogP) is 2.12. The molecule has 1 saturated heterocycles. The maximum absolute atomic E-state index is 5.59. The van der Waals surface area contributed by atoms with Gasteiger partial charge in [0.25, 0.3) is 0 Å². The lowest BCUT2D eigenvalue weighted by atomic mass is 10.0. The summed E-state index contributed by atoms with van der Waals surface area (Å²) in [5, 5.41) is 3.38. The summed E-state index contributed by atoms with van der Waals surface area (Å²) in [4.78, 5) is 2.65. The molecule has 3 heteroatoms. The number of unbranched alkanes of at least 4 members (excludes halogenated alkanes) is 1. The van der Waals surface area contributed by atoms with E-state index in [1.165, 1.54) is 32.4 Å². The molecule has 0 spiro atoms. The Labute approximate surface area is 107 Å². The van der Waals surface area contributed by atoms with Crippen molar-refractivity contribution >= 4 is 0 Å². The fraction of sp³-hybridized carbons (Fsp3) is 1.00. The number of hydrogen-bond donors (Lipinski definition) is 1. The first-order valence-corrected chi connectivity index (χ1v) is 7.21. The Morgan fingerprint density at radius 3 is 2.71 bits per heavy atom. The minimum atomic E-state index is 0.545. The summed E-state index contributed by atoms with van der Waals surface area (Å²) in [7, 11) is 2.05. The molecule has 1 N–H and O–H groups in total. The summed E-state index contributed by atoms with van der Waals surface area (Å²) in [5.41, 5.74) is 0. The van der Waals surface area contributed by atoms with Gasteiger partial charge in [0, 0.05) is 24.5 Å². The van der Waals surface area contributed by atoms with Crippen molar-refractivity contribution in [2.24, 2.45) is 5.92 Å². The van der Waals surface area contributed by atoms with E-state index in [1.807, 2.05) is 7.05 Å². The molecule has 0 amide bonds. The SMILES string of the molecule is CCCCN(CC1COCC1NC)C(C)CC. The molecular formula is C14H30N2O. The normalized spacial score (nSPS) is 26.6. The van der Waals surface area contributed by atoms with Gasteiger partial charge < -0.3 is 15.0 Å². The molecule has 0 saturated carbocycles. The zero-order valence-corrected chi connectivity index (χ0v) is 12.0. The lowest BCUT2D eigenvalue weighted by molar-refractivity contribution is 0.143. The minimum Gasteiger partial charge on any atom is -0.379 e. The highest BCUT2D eigenvalue weighted by molar-refractivity contribution is 4.83. The van der Waals surface area contributed by atoms with Gasteiger partial charge >= 0.3 is 0 Å². The van der Waals surface area contributed by atoms with Crippen LogP contribution in [-0.4, -0.2) is 50.3 Å². The summed E-state index contributed by atoms with van der Waals surface area (Å²) in [6.45, 7) is 11.1. The Morgan fingerprint density at radius 2 is 2.12 bits per heavy atom. The summed E-state index contributed by atoms with van der Waals surface area (Å²) in [6.07, 6.45) is 3.83. The molecule has 0 bridgehead atoms. The van der Waals surface area contributed by atoms with Gasteiger partial charge in [0.05, 0.1) is 13.2 Å². The van der Waals surface area contributed by atoms with E-state index in [9.17, 15) is 0 Å². The van der Waals surface area contributed by atoms with Crippen LogP contribution in [0.25, 0.3) is 0 Å². The molecule has 1 rings (SSSR count). The van der Waals surface area contributed by atoms with Crippen molar-refractivity contribution in [2.75, 3.05) is 33.4 Å². The first-order valence-electron chi connectivity index (χ1n) is 7.21. The van der Waals surface area contributed by atoms with Crippen molar-refractivity contribution in [3.05, 3.63) is 0 Å². The first-order chi connectivity index (χ1) is 8.22. The van der Waals surface area contributed by atoms with Gasteiger partial charge in [0.2, 0.25) is 0 Å². The van der Waals surface area contributed by atoms with Crippen molar-refractivity contribution in [2.45, 2.75) is 52.1 Å². The Hall–Kier alpha value is -0.120. The van der Waals surface area contributed by atoms with Gasteiger partial charge in [0.1, 0.15) is 0 Å². The number of hydrogen-bond acceptors (Lipinski definition) is 3. The Bertz CT molecular complexity index is 199. The van der Waals surface area contributed by atoms with Crippen LogP contribution in [0.4, 0.5) is 0 Å². The average molecular weight is 242 g/mol. The van der Waals surface area contributed by atoms with Gasteiger partial charge in [-0.1, -0.05) is 20.3 Å². The van der Waals surface area contributed by atoms with Crippen LogP contribution >= 0.6 is 0 Å². The van der Waals surface area contributed by atoms with Crippen molar-refractivity contribution in [1.29, 1.82) is 0 Å². The molecule has 0 aromatic rings. The van der Waals surface area contributed by atoms with Crippen LogP contribution in [0.15, 0.2) is 0 Å². The molecule has 17 heavy (non-hydrogen) atoms. The summed E-state index contributed by atoms with van der Waals surface area (Å²) in [6, 6.07) is 1.24. The third-order valence-electron chi connectivity index (χ3n) is 4.05.